The number of hydrogen-bond acceptors (Lipinski definition) is 7. The van der Waals surface area contributed by atoms with E-state index in [1.165, 1.54) is 12.3 Å². The summed E-state index contributed by atoms with van der Waals surface area (Å²) >= 11 is 0.787. The minimum Gasteiger partial charge on any atom is -0.465 e. The van der Waals surface area contributed by atoms with Crippen molar-refractivity contribution in [2.45, 2.75) is 13.8 Å². The lowest BCUT2D eigenvalue weighted by Gasteiger charge is -2.19. The van der Waals surface area contributed by atoms with Gasteiger partial charge < -0.3 is 4.42 Å². The summed E-state index contributed by atoms with van der Waals surface area (Å²) in [6.45, 7) is 3.58. The molecule has 1 aromatic rings. The quantitative estimate of drug-likeness (QED) is 0.817. The predicted molar refractivity (Wildman–Crippen MR) is 92.3 cm³/mol. The fraction of sp³-hybridized carbons (Fsp3) is 0.286. The van der Waals surface area contributed by atoms with Gasteiger partial charge in [-0.15, -0.1) is 5.10 Å². The highest BCUT2D eigenvalue weighted by atomic mass is 32.3. The summed E-state index contributed by atoms with van der Waals surface area (Å²) < 4.78 is 29.6. The fourth-order valence-corrected chi connectivity index (χ4v) is 4.91. The number of hydrazone groups is 1. The van der Waals surface area contributed by atoms with Crippen molar-refractivity contribution in [1.29, 1.82) is 5.41 Å². The second kappa shape index (κ2) is 6.02. The number of aliphatic imine (C=N–C) groups is 1. The van der Waals surface area contributed by atoms with Gasteiger partial charge in [0.15, 0.2) is 5.84 Å². The minimum absolute atomic E-state index is 0.0134. The van der Waals surface area contributed by atoms with Crippen molar-refractivity contribution in [3.63, 3.8) is 0 Å². The largest absolute Gasteiger partial charge is 0.465 e. The number of furan rings is 1. The number of nitrogens with zero attached hydrogens (tertiary/aromatic N) is 3. The Balaban J connectivity index is 1.95. The summed E-state index contributed by atoms with van der Waals surface area (Å²) in [5, 5.41) is 13.3. The van der Waals surface area contributed by atoms with E-state index in [1.807, 2.05) is 0 Å². The number of fused-ring (bicyclic) bond motifs is 1. The molecule has 0 atom stereocenters. The van der Waals surface area contributed by atoms with Gasteiger partial charge in [0.2, 0.25) is 19.4 Å². The summed E-state index contributed by atoms with van der Waals surface area (Å²) in [6, 6.07) is 3.28. The van der Waals surface area contributed by atoms with E-state index in [1.54, 1.807) is 26.0 Å². The molecule has 3 rings (SSSR count). The summed E-state index contributed by atoms with van der Waals surface area (Å²) in [4.78, 5) is 16.0. The summed E-state index contributed by atoms with van der Waals surface area (Å²) in [5.41, 5.74) is -0.0134. The van der Waals surface area contributed by atoms with Gasteiger partial charge in [-0.1, -0.05) is 13.8 Å². The molecule has 24 heavy (non-hydrogen) atoms. The fourth-order valence-electron chi connectivity index (χ4n) is 2.13. The van der Waals surface area contributed by atoms with Gasteiger partial charge in [-0.2, -0.15) is 10.0 Å². The van der Waals surface area contributed by atoms with Crippen LogP contribution in [0.4, 0.5) is 0 Å². The smallest absolute Gasteiger partial charge is 0.283 e. The lowest BCUT2D eigenvalue weighted by atomic mass is 10.1. The van der Waals surface area contributed by atoms with Gasteiger partial charge >= 0.3 is 0 Å². The van der Waals surface area contributed by atoms with E-state index in [2.05, 4.69) is 10.1 Å². The van der Waals surface area contributed by atoms with Crippen LogP contribution in [0.3, 0.4) is 0 Å². The van der Waals surface area contributed by atoms with E-state index in [4.69, 9.17) is 9.83 Å². The zero-order valence-corrected chi connectivity index (χ0v) is 14.5. The number of thioether (sulfide) groups is 1. The molecular formula is C14H14N4O4S2. The van der Waals surface area contributed by atoms with E-state index >= 15 is 0 Å². The van der Waals surface area contributed by atoms with E-state index < -0.39 is 15.7 Å². The molecule has 8 nitrogen and oxygen atoms in total. The minimum atomic E-state index is -3.58. The van der Waals surface area contributed by atoms with E-state index in [-0.39, 0.29) is 32.6 Å². The predicted octanol–water partition coefficient (Wildman–Crippen LogP) is 1.93. The van der Waals surface area contributed by atoms with Crippen molar-refractivity contribution in [3.05, 3.63) is 29.7 Å². The lowest BCUT2D eigenvalue weighted by Crippen LogP contribution is -2.35. The van der Waals surface area contributed by atoms with Gasteiger partial charge in [0.05, 0.1) is 17.6 Å². The first kappa shape index (κ1) is 16.7. The molecule has 0 saturated carbocycles. The molecule has 0 aliphatic carbocycles. The Morgan fingerprint density at radius 1 is 1.46 bits per heavy atom. The van der Waals surface area contributed by atoms with Crippen molar-refractivity contribution in [3.8, 4) is 0 Å². The summed E-state index contributed by atoms with van der Waals surface area (Å²) in [5.74, 6) is -0.592. The molecule has 0 fully saturated rings. The first-order valence-electron chi connectivity index (χ1n) is 7.04. The molecule has 3 heterocycles. The van der Waals surface area contributed by atoms with Gasteiger partial charge in [-0.05, 0) is 35.9 Å². The number of carbonyl (C=O) groups is 1. The van der Waals surface area contributed by atoms with Crippen molar-refractivity contribution in [1.82, 2.24) is 5.01 Å². The number of carbonyl (C=O) groups excluding carboxylic acids is 1. The normalized spacial score (nSPS) is 19.8. The van der Waals surface area contributed by atoms with Crippen molar-refractivity contribution in [2.24, 2.45) is 16.0 Å². The van der Waals surface area contributed by atoms with Crippen LogP contribution in [0.5, 0.6) is 0 Å². The molecular weight excluding hydrogens is 352 g/mol. The third-order valence-corrected chi connectivity index (χ3v) is 6.52. The molecule has 1 aromatic heterocycles. The Kier molecular flexibility index (Phi) is 4.18. The third kappa shape index (κ3) is 3.06. The van der Waals surface area contributed by atoms with E-state index in [9.17, 15) is 13.2 Å². The van der Waals surface area contributed by atoms with Gasteiger partial charge in [0.1, 0.15) is 5.76 Å². The first-order valence-corrected chi connectivity index (χ1v) is 9.51. The maximum Gasteiger partial charge on any atom is 0.283 e. The zero-order chi connectivity index (χ0) is 17.5. The number of amidine groups is 2. The zero-order valence-electron chi connectivity index (χ0n) is 12.9. The highest BCUT2D eigenvalue weighted by Crippen LogP contribution is 2.30. The number of sulfone groups is 1. The highest BCUT2D eigenvalue weighted by molar-refractivity contribution is 8.42. The average Bonchev–Trinajstić information content (AvgIpc) is 3.11. The van der Waals surface area contributed by atoms with Crippen molar-refractivity contribution < 1.29 is 17.6 Å². The van der Waals surface area contributed by atoms with E-state index in [0.717, 1.165) is 16.8 Å². The number of amides is 1. The number of hydrogen-bond donors (Lipinski definition) is 1. The van der Waals surface area contributed by atoms with Crippen LogP contribution in [0.1, 0.15) is 19.6 Å². The van der Waals surface area contributed by atoms with Gasteiger partial charge in [0.25, 0.3) is 5.91 Å². The molecule has 2 aliphatic heterocycles. The monoisotopic (exact) mass is 366 g/mol. The SMILES string of the molecule is CC(C)CS(=O)(=O)C1=NN2C(=N)/C(=C/c3ccco3)C(=O)N=C2S1. The third-order valence-electron chi connectivity index (χ3n) is 3.08. The van der Waals surface area contributed by atoms with Gasteiger partial charge in [0, 0.05) is 0 Å². The Hall–Kier alpha value is -2.20. The molecule has 2 aliphatic rings. The number of nitrogens with one attached hydrogen (secondary N) is 1. The molecule has 0 aromatic carbocycles. The second-order valence-electron chi connectivity index (χ2n) is 5.58. The second-order valence-corrected chi connectivity index (χ2v) is 8.74. The van der Waals surface area contributed by atoms with Crippen LogP contribution >= 0.6 is 11.8 Å². The average molecular weight is 366 g/mol. The Morgan fingerprint density at radius 3 is 2.83 bits per heavy atom. The van der Waals surface area contributed by atoms with Crippen LogP contribution in [0.2, 0.25) is 0 Å². The summed E-state index contributed by atoms with van der Waals surface area (Å²) in [6.07, 6.45) is 2.82. The van der Waals surface area contributed by atoms with Crippen molar-refractivity contribution in [2.75, 3.05) is 5.75 Å². The van der Waals surface area contributed by atoms with Crippen LogP contribution in [0, 0.1) is 11.3 Å². The first-order chi connectivity index (χ1) is 11.3. The topological polar surface area (TPSA) is 116 Å². The van der Waals surface area contributed by atoms with Gasteiger partial charge in [-0.25, -0.2) is 8.42 Å². The number of rotatable bonds is 3. The molecule has 0 unspecified atom stereocenters. The summed E-state index contributed by atoms with van der Waals surface area (Å²) in [7, 11) is -3.58. The molecule has 0 saturated heterocycles. The van der Waals surface area contributed by atoms with Crippen LogP contribution < -0.4 is 0 Å². The molecule has 0 spiro atoms. The highest BCUT2D eigenvalue weighted by Gasteiger charge is 2.39. The van der Waals surface area contributed by atoms with Gasteiger partial charge in [-0.3, -0.25) is 10.2 Å². The Labute approximate surface area is 142 Å². The molecule has 0 bridgehead atoms. The Bertz CT molecular complexity index is 895. The molecule has 126 valence electrons. The van der Waals surface area contributed by atoms with E-state index in [0.29, 0.717) is 5.76 Å². The van der Waals surface area contributed by atoms with Crippen LogP contribution in [0.15, 0.2) is 38.5 Å². The lowest BCUT2D eigenvalue weighted by molar-refractivity contribution is -0.114. The standard InChI is InChI=1S/C14H14N4O4S2/c1-8(2)7-24(20,21)14-17-18-11(15)10(6-9-4-3-5-22-9)12(19)16-13(18)23-14/h3-6,8,15H,7H2,1-2H3/b10-6-,15-11?. The van der Waals surface area contributed by atoms with Crippen LogP contribution in [-0.2, 0) is 14.6 Å². The molecule has 1 N–H and O–H groups in total. The van der Waals surface area contributed by atoms with Crippen LogP contribution in [0.25, 0.3) is 6.08 Å². The maximum atomic E-state index is 12.3. The maximum absolute atomic E-state index is 12.3. The molecule has 10 heteroatoms. The Morgan fingerprint density at radius 2 is 2.21 bits per heavy atom. The molecule has 0 radical (unpaired) electrons. The van der Waals surface area contributed by atoms with Crippen molar-refractivity contribution >= 4 is 49.0 Å². The molecule has 1 amide bonds. The van der Waals surface area contributed by atoms with Crippen LogP contribution in [-0.4, -0.2) is 40.5 Å².